The molecule has 1 fully saturated rings. The van der Waals surface area contributed by atoms with Crippen LogP contribution in [0.4, 0.5) is 13.2 Å². The third-order valence-corrected chi connectivity index (χ3v) is 6.81. The first-order valence-electron chi connectivity index (χ1n) is 10.3. The number of nitrogens with one attached hydrogen (secondary N) is 2. The summed E-state index contributed by atoms with van der Waals surface area (Å²) in [6.07, 6.45) is -3.18. The number of benzene rings is 2. The smallest absolute Gasteiger partial charge is 0.343 e. The number of sulfonamides is 1. The van der Waals surface area contributed by atoms with E-state index < -0.39 is 28.7 Å². The Hall–Kier alpha value is -2.43. The van der Waals surface area contributed by atoms with Gasteiger partial charge < -0.3 is 5.32 Å². The molecule has 0 atom stereocenters. The SMILES string of the molecule is Cc1cccc(CN2CCC(NS(=O)(=O)c3ccc(C(=O)NCC(F)(F)F)cc3)CC2)c1. The van der Waals surface area contributed by atoms with Crippen molar-refractivity contribution in [2.75, 3.05) is 19.6 Å². The van der Waals surface area contributed by atoms with Crippen LogP contribution in [0, 0.1) is 6.92 Å². The lowest BCUT2D eigenvalue weighted by atomic mass is 10.0. The number of alkyl halides is 3. The highest BCUT2D eigenvalue weighted by Gasteiger charge is 2.28. The molecule has 0 aliphatic carbocycles. The van der Waals surface area contributed by atoms with Crippen molar-refractivity contribution >= 4 is 15.9 Å². The molecule has 1 heterocycles. The number of aryl methyl sites for hydroxylation is 1. The van der Waals surface area contributed by atoms with Crippen molar-refractivity contribution in [3.8, 4) is 0 Å². The van der Waals surface area contributed by atoms with Crippen LogP contribution in [0.15, 0.2) is 53.4 Å². The number of carbonyl (C=O) groups excluding carboxylic acids is 1. The Morgan fingerprint density at radius 1 is 1.09 bits per heavy atom. The molecule has 1 aliphatic rings. The molecule has 0 unspecified atom stereocenters. The fourth-order valence-corrected chi connectivity index (χ4v) is 4.94. The normalized spacial score (nSPS) is 16.1. The summed E-state index contributed by atoms with van der Waals surface area (Å²) in [7, 11) is -3.80. The van der Waals surface area contributed by atoms with Gasteiger partial charge in [-0.05, 0) is 49.6 Å². The van der Waals surface area contributed by atoms with Crippen LogP contribution in [0.1, 0.15) is 34.3 Å². The summed E-state index contributed by atoms with van der Waals surface area (Å²) in [5, 5.41) is 1.75. The molecule has 1 saturated heterocycles. The van der Waals surface area contributed by atoms with Gasteiger partial charge >= 0.3 is 6.18 Å². The molecular formula is C22H26F3N3O3S. The van der Waals surface area contributed by atoms with Crippen LogP contribution in [0.25, 0.3) is 0 Å². The number of piperidine rings is 1. The number of hydrogen-bond acceptors (Lipinski definition) is 4. The van der Waals surface area contributed by atoms with Gasteiger partial charge in [0.1, 0.15) is 6.54 Å². The zero-order chi connectivity index (χ0) is 23.4. The Kier molecular flexibility index (Phi) is 7.58. The molecule has 174 valence electrons. The average Bonchev–Trinajstić information content (AvgIpc) is 2.73. The first-order chi connectivity index (χ1) is 15.0. The molecule has 6 nitrogen and oxygen atoms in total. The van der Waals surface area contributed by atoms with E-state index in [1.54, 1.807) is 5.32 Å². The number of carbonyl (C=O) groups is 1. The van der Waals surface area contributed by atoms with Crippen molar-refractivity contribution in [3.63, 3.8) is 0 Å². The standard InChI is InChI=1S/C22H26F3N3O3S/c1-16-3-2-4-17(13-16)14-28-11-9-19(10-12-28)27-32(30,31)20-7-5-18(6-8-20)21(29)26-15-22(23,24)25/h2-8,13,19,27H,9-12,14-15H2,1H3,(H,26,29). The zero-order valence-electron chi connectivity index (χ0n) is 17.7. The summed E-state index contributed by atoms with van der Waals surface area (Å²) in [6.45, 7) is 2.94. The van der Waals surface area contributed by atoms with Crippen LogP contribution >= 0.6 is 0 Å². The summed E-state index contributed by atoms with van der Waals surface area (Å²) < 4.78 is 64.7. The lowest BCUT2D eigenvalue weighted by Crippen LogP contribution is -2.44. The van der Waals surface area contributed by atoms with Gasteiger partial charge in [-0.2, -0.15) is 13.2 Å². The predicted octanol–water partition coefficient (Wildman–Crippen LogP) is 3.23. The van der Waals surface area contributed by atoms with E-state index in [1.165, 1.54) is 35.4 Å². The third-order valence-electron chi connectivity index (χ3n) is 5.27. The van der Waals surface area contributed by atoms with E-state index in [0.717, 1.165) is 19.6 Å². The van der Waals surface area contributed by atoms with Crippen LogP contribution in [0.3, 0.4) is 0 Å². The largest absolute Gasteiger partial charge is 0.405 e. The van der Waals surface area contributed by atoms with Crippen molar-refractivity contribution in [3.05, 3.63) is 65.2 Å². The first-order valence-corrected chi connectivity index (χ1v) is 11.8. The Labute approximate surface area is 185 Å². The minimum absolute atomic E-state index is 0.0351. The van der Waals surface area contributed by atoms with E-state index in [2.05, 4.69) is 21.8 Å². The summed E-state index contributed by atoms with van der Waals surface area (Å²) in [5.41, 5.74) is 2.38. The van der Waals surface area contributed by atoms with Crippen LogP contribution in [-0.2, 0) is 16.6 Å². The van der Waals surface area contributed by atoms with Crippen LogP contribution < -0.4 is 10.0 Å². The van der Waals surface area contributed by atoms with Gasteiger partial charge in [-0.15, -0.1) is 0 Å². The highest BCUT2D eigenvalue weighted by Crippen LogP contribution is 2.18. The number of hydrogen-bond donors (Lipinski definition) is 2. The van der Waals surface area contributed by atoms with Crippen molar-refractivity contribution in [2.45, 2.75) is 43.4 Å². The lowest BCUT2D eigenvalue weighted by Gasteiger charge is -2.32. The Balaban J connectivity index is 1.52. The molecule has 0 bridgehead atoms. The Morgan fingerprint density at radius 2 is 1.75 bits per heavy atom. The van der Waals surface area contributed by atoms with Gasteiger partial charge in [0.2, 0.25) is 10.0 Å². The van der Waals surface area contributed by atoms with Gasteiger partial charge in [-0.25, -0.2) is 13.1 Å². The van der Waals surface area contributed by atoms with Crippen LogP contribution in [-0.4, -0.2) is 51.1 Å². The van der Waals surface area contributed by atoms with Crippen molar-refractivity contribution in [1.29, 1.82) is 0 Å². The van der Waals surface area contributed by atoms with Gasteiger partial charge in [0.15, 0.2) is 0 Å². The molecule has 0 saturated carbocycles. The first kappa shape index (κ1) is 24.2. The number of halogens is 3. The molecule has 0 radical (unpaired) electrons. The molecule has 3 rings (SSSR count). The van der Waals surface area contributed by atoms with E-state index >= 15 is 0 Å². The number of rotatable bonds is 7. The molecule has 0 aromatic heterocycles. The highest BCUT2D eigenvalue weighted by molar-refractivity contribution is 7.89. The molecular weight excluding hydrogens is 443 g/mol. The fraction of sp³-hybridized carbons (Fsp3) is 0.409. The van der Waals surface area contributed by atoms with Crippen molar-refractivity contribution < 1.29 is 26.4 Å². The van der Waals surface area contributed by atoms with Gasteiger partial charge in [-0.1, -0.05) is 29.8 Å². The molecule has 2 aromatic carbocycles. The van der Waals surface area contributed by atoms with Gasteiger partial charge in [0.05, 0.1) is 4.90 Å². The molecule has 2 aromatic rings. The molecule has 32 heavy (non-hydrogen) atoms. The maximum absolute atomic E-state index is 12.7. The predicted molar refractivity (Wildman–Crippen MR) is 115 cm³/mol. The quantitative estimate of drug-likeness (QED) is 0.653. The van der Waals surface area contributed by atoms with E-state index in [4.69, 9.17) is 0 Å². The molecule has 1 amide bonds. The highest BCUT2D eigenvalue weighted by atomic mass is 32.2. The van der Waals surface area contributed by atoms with Gasteiger partial charge in [0, 0.05) is 31.2 Å². The summed E-state index contributed by atoms with van der Waals surface area (Å²) in [4.78, 5) is 14.0. The second-order valence-corrected chi connectivity index (χ2v) is 9.70. The second-order valence-electron chi connectivity index (χ2n) is 7.98. The van der Waals surface area contributed by atoms with Gasteiger partial charge in [-0.3, -0.25) is 9.69 Å². The summed E-state index contributed by atoms with van der Waals surface area (Å²) in [6, 6.07) is 12.9. The second kappa shape index (κ2) is 10.0. The molecule has 1 aliphatic heterocycles. The van der Waals surface area contributed by atoms with Crippen molar-refractivity contribution in [1.82, 2.24) is 14.9 Å². The monoisotopic (exact) mass is 469 g/mol. The maximum atomic E-state index is 12.7. The molecule has 0 spiro atoms. The fourth-order valence-electron chi connectivity index (χ4n) is 3.63. The topological polar surface area (TPSA) is 78.5 Å². The van der Waals surface area contributed by atoms with Crippen molar-refractivity contribution in [2.24, 2.45) is 0 Å². The minimum atomic E-state index is -4.52. The van der Waals surface area contributed by atoms with Crippen LogP contribution in [0.2, 0.25) is 0 Å². The minimum Gasteiger partial charge on any atom is -0.343 e. The number of likely N-dealkylation sites (tertiary alicyclic amines) is 1. The van der Waals surface area contributed by atoms with Gasteiger partial charge in [0.25, 0.3) is 5.91 Å². The Bertz CT molecular complexity index is 1030. The number of nitrogens with zero attached hydrogens (tertiary/aromatic N) is 1. The number of amides is 1. The average molecular weight is 470 g/mol. The van der Waals surface area contributed by atoms with E-state index in [9.17, 15) is 26.4 Å². The van der Waals surface area contributed by atoms with E-state index in [-0.39, 0.29) is 16.5 Å². The zero-order valence-corrected chi connectivity index (χ0v) is 18.5. The molecule has 10 heteroatoms. The Morgan fingerprint density at radius 3 is 2.34 bits per heavy atom. The molecule has 2 N–H and O–H groups in total. The van der Waals surface area contributed by atoms with E-state index in [1.807, 2.05) is 19.1 Å². The van der Waals surface area contributed by atoms with Crippen LogP contribution in [0.5, 0.6) is 0 Å². The van der Waals surface area contributed by atoms with E-state index in [0.29, 0.717) is 12.8 Å². The lowest BCUT2D eigenvalue weighted by molar-refractivity contribution is -0.123. The summed E-state index contributed by atoms with van der Waals surface area (Å²) >= 11 is 0. The third kappa shape index (κ3) is 7.04. The maximum Gasteiger partial charge on any atom is 0.405 e. The summed E-state index contributed by atoms with van der Waals surface area (Å²) in [5.74, 6) is -0.916.